The predicted octanol–water partition coefficient (Wildman–Crippen LogP) is -0.157. The van der Waals surface area contributed by atoms with E-state index in [-0.39, 0.29) is 18.0 Å². The molecule has 0 aromatic carbocycles. The first-order valence-electron chi connectivity index (χ1n) is 4.40. The van der Waals surface area contributed by atoms with Gasteiger partial charge in [0.05, 0.1) is 0 Å². The van der Waals surface area contributed by atoms with Gasteiger partial charge in [-0.2, -0.15) is 0 Å². The number of ether oxygens (including phenoxy) is 2. The molecule has 0 amide bonds. The Morgan fingerprint density at radius 3 is 2.69 bits per heavy atom. The van der Waals surface area contributed by atoms with Gasteiger partial charge in [-0.25, -0.2) is 0 Å². The molecule has 3 fully saturated rings. The summed E-state index contributed by atoms with van der Waals surface area (Å²) in [6.45, 7) is 3.46. The van der Waals surface area contributed by atoms with Crippen LogP contribution in [-0.2, 0) is 19.1 Å². The highest BCUT2D eigenvalue weighted by atomic mass is 16.7. The SMILES string of the molecule is CC12CC(=O)C3OC(C1=O)C3(C)O2. The quantitative estimate of drug-likeness (QED) is 0.522. The van der Waals surface area contributed by atoms with Crippen LogP contribution in [0.15, 0.2) is 0 Å². The fourth-order valence-electron chi connectivity index (χ4n) is 2.66. The van der Waals surface area contributed by atoms with Crippen LogP contribution >= 0.6 is 0 Å². The Labute approximate surface area is 75.2 Å². The highest BCUT2D eigenvalue weighted by Crippen LogP contribution is 2.53. The normalized spacial score (nSPS) is 58.0. The third kappa shape index (κ3) is 0.596. The summed E-state index contributed by atoms with van der Waals surface area (Å²) >= 11 is 0. The first-order chi connectivity index (χ1) is 5.97. The van der Waals surface area contributed by atoms with Crippen LogP contribution in [0.4, 0.5) is 0 Å². The summed E-state index contributed by atoms with van der Waals surface area (Å²) in [6.07, 6.45) is -0.839. The Kier molecular flexibility index (Phi) is 1.01. The van der Waals surface area contributed by atoms with Crippen molar-refractivity contribution in [2.45, 2.75) is 43.7 Å². The summed E-state index contributed by atoms with van der Waals surface area (Å²) in [6, 6.07) is 0. The highest BCUT2D eigenvalue weighted by molar-refractivity contribution is 6.05. The third-order valence-electron chi connectivity index (χ3n) is 3.32. The van der Waals surface area contributed by atoms with Gasteiger partial charge in [0.15, 0.2) is 17.7 Å². The standard InChI is InChI=1S/C9H10O4/c1-8-3-4(10)6-9(2,13-8)7(12-6)5(8)11/h6-7H,3H2,1-2H3. The summed E-state index contributed by atoms with van der Waals surface area (Å²) in [5.74, 6) is -0.0737. The first-order valence-corrected chi connectivity index (χ1v) is 4.40. The molecule has 3 saturated heterocycles. The molecule has 3 aliphatic rings. The second-order valence-electron chi connectivity index (χ2n) is 4.42. The topological polar surface area (TPSA) is 52.6 Å². The number of hydrogen-bond donors (Lipinski definition) is 0. The molecule has 4 unspecified atom stereocenters. The van der Waals surface area contributed by atoms with Gasteiger partial charge < -0.3 is 9.47 Å². The Morgan fingerprint density at radius 2 is 2.00 bits per heavy atom. The van der Waals surface area contributed by atoms with Gasteiger partial charge in [0.25, 0.3) is 0 Å². The van der Waals surface area contributed by atoms with Crippen molar-refractivity contribution in [1.29, 1.82) is 0 Å². The number of hydrogen-bond acceptors (Lipinski definition) is 4. The van der Waals surface area contributed by atoms with E-state index in [1.54, 1.807) is 13.8 Å². The predicted molar refractivity (Wildman–Crippen MR) is 41.2 cm³/mol. The van der Waals surface area contributed by atoms with E-state index in [0.717, 1.165) is 0 Å². The van der Waals surface area contributed by atoms with Crippen molar-refractivity contribution in [3.8, 4) is 0 Å². The Balaban J connectivity index is 2.16. The summed E-state index contributed by atoms with van der Waals surface area (Å²) in [5, 5.41) is 0. The highest BCUT2D eigenvalue weighted by Gasteiger charge is 2.74. The van der Waals surface area contributed by atoms with Crippen LogP contribution < -0.4 is 0 Å². The number of ketones is 2. The molecule has 4 atom stereocenters. The van der Waals surface area contributed by atoms with Gasteiger partial charge in [-0.15, -0.1) is 0 Å². The number of rotatable bonds is 0. The lowest BCUT2D eigenvalue weighted by molar-refractivity contribution is -0.277. The Morgan fingerprint density at radius 1 is 1.31 bits per heavy atom. The molecule has 0 aromatic rings. The molecular weight excluding hydrogens is 172 g/mol. The van der Waals surface area contributed by atoms with Crippen molar-refractivity contribution in [3.05, 3.63) is 0 Å². The maximum absolute atomic E-state index is 11.7. The van der Waals surface area contributed by atoms with Crippen molar-refractivity contribution in [3.63, 3.8) is 0 Å². The largest absolute Gasteiger partial charge is 0.354 e. The van der Waals surface area contributed by atoms with Gasteiger partial charge in [0.2, 0.25) is 0 Å². The zero-order chi connectivity index (χ0) is 9.43. The van der Waals surface area contributed by atoms with Crippen LogP contribution in [0.5, 0.6) is 0 Å². The second kappa shape index (κ2) is 1.72. The van der Waals surface area contributed by atoms with Crippen LogP contribution in [0.2, 0.25) is 0 Å². The van der Waals surface area contributed by atoms with Crippen LogP contribution in [0.1, 0.15) is 20.3 Å². The molecule has 0 saturated carbocycles. The molecule has 70 valence electrons. The minimum absolute atomic E-state index is 0.00153. The van der Waals surface area contributed by atoms with E-state index in [4.69, 9.17) is 9.47 Å². The molecule has 4 heteroatoms. The van der Waals surface area contributed by atoms with Crippen LogP contribution in [0.3, 0.4) is 0 Å². The molecule has 0 N–H and O–H groups in total. The van der Waals surface area contributed by atoms with Crippen molar-refractivity contribution >= 4 is 11.6 Å². The smallest absolute Gasteiger partial charge is 0.196 e. The number of fused-ring (bicyclic) bond motifs is 1. The zero-order valence-corrected chi connectivity index (χ0v) is 7.49. The minimum Gasteiger partial charge on any atom is -0.354 e. The van der Waals surface area contributed by atoms with Crippen LogP contribution in [-0.4, -0.2) is 35.0 Å². The van der Waals surface area contributed by atoms with E-state index >= 15 is 0 Å². The van der Waals surface area contributed by atoms with Gasteiger partial charge in [0, 0.05) is 6.42 Å². The second-order valence-corrected chi connectivity index (χ2v) is 4.42. The van der Waals surface area contributed by atoms with E-state index in [1.807, 2.05) is 0 Å². The zero-order valence-electron chi connectivity index (χ0n) is 7.49. The third-order valence-corrected chi connectivity index (χ3v) is 3.32. The van der Waals surface area contributed by atoms with Crippen molar-refractivity contribution in [2.24, 2.45) is 0 Å². The lowest BCUT2D eigenvalue weighted by Crippen LogP contribution is -2.67. The van der Waals surface area contributed by atoms with Crippen LogP contribution in [0, 0.1) is 0 Å². The lowest BCUT2D eigenvalue weighted by Gasteiger charge is -2.48. The fraction of sp³-hybridized carbons (Fsp3) is 0.778. The van der Waals surface area contributed by atoms with Gasteiger partial charge >= 0.3 is 0 Å². The van der Waals surface area contributed by atoms with E-state index in [9.17, 15) is 9.59 Å². The Hall–Kier alpha value is -0.740. The lowest BCUT2D eigenvalue weighted by atomic mass is 9.84. The van der Waals surface area contributed by atoms with Crippen LogP contribution in [0.25, 0.3) is 0 Å². The van der Waals surface area contributed by atoms with Gasteiger partial charge in [-0.1, -0.05) is 0 Å². The number of carbonyl (C=O) groups excluding carboxylic acids is 2. The first kappa shape index (κ1) is 7.64. The molecule has 0 spiro atoms. The number of carbonyl (C=O) groups is 2. The molecule has 4 nitrogen and oxygen atoms in total. The van der Waals surface area contributed by atoms with E-state index in [2.05, 4.69) is 0 Å². The maximum atomic E-state index is 11.7. The molecule has 2 bridgehead atoms. The van der Waals surface area contributed by atoms with Gasteiger partial charge in [-0.05, 0) is 13.8 Å². The van der Waals surface area contributed by atoms with E-state index in [1.165, 1.54) is 0 Å². The summed E-state index contributed by atoms with van der Waals surface area (Å²) in [4.78, 5) is 23.2. The van der Waals surface area contributed by atoms with Crippen molar-refractivity contribution in [2.75, 3.05) is 0 Å². The molecule has 3 rings (SSSR count). The molecular formula is C9H10O4. The summed E-state index contributed by atoms with van der Waals surface area (Å²) < 4.78 is 10.8. The summed E-state index contributed by atoms with van der Waals surface area (Å²) in [7, 11) is 0. The van der Waals surface area contributed by atoms with Gasteiger partial charge in [0.1, 0.15) is 17.3 Å². The fourth-order valence-corrected chi connectivity index (χ4v) is 2.66. The number of Topliss-reactive ketones (excluding diaryl/α,β-unsaturated/α-hetero) is 2. The van der Waals surface area contributed by atoms with Crippen molar-refractivity contribution < 1.29 is 19.1 Å². The van der Waals surface area contributed by atoms with E-state index in [0.29, 0.717) is 0 Å². The molecule has 13 heavy (non-hydrogen) atoms. The van der Waals surface area contributed by atoms with Gasteiger partial charge in [-0.3, -0.25) is 9.59 Å². The Bertz CT molecular complexity index is 337. The minimum atomic E-state index is -0.913. The molecule has 3 aliphatic heterocycles. The molecule has 0 aliphatic carbocycles. The molecule has 0 radical (unpaired) electrons. The average molecular weight is 182 g/mol. The average Bonchev–Trinajstić information content (AvgIpc) is 2.11. The molecule has 0 aromatic heterocycles. The maximum Gasteiger partial charge on any atom is 0.196 e. The van der Waals surface area contributed by atoms with Crippen molar-refractivity contribution in [1.82, 2.24) is 0 Å². The summed E-state index contributed by atoms with van der Waals surface area (Å²) in [5.41, 5.74) is -1.58. The van der Waals surface area contributed by atoms with E-state index < -0.39 is 23.4 Å². The monoisotopic (exact) mass is 182 g/mol. The molecule has 3 heterocycles.